The van der Waals surface area contributed by atoms with Gasteiger partial charge in [-0.25, -0.2) is 13.1 Å². The van der Waals surface area contributed by atoms with Crippen molar-refractivity contribution >= 4 is 34.2 Å². The van der Waals surface area contributed by atoms with Crippen LogP contribution >= 0.6 is 0 Å². The monoisotopic (exact) mass is 382 g/mol. The van der Waals surface area contributed by atoms with Crippen LogP contribution in [-0.2, 0) is 19.3 Å². The van der Waals surface area contributed by atoms with Crippen LogP contribution in [0.15, 0.2) is 18.2 Å². The number of carbonyl (C=O) groups is 1. The molecule has 0 aromatic heterocycles. The van der Waals surface area contributed by atoms with Crippen molar-refractivity contribution in [2.24, 2.45) is 0 Å². The molecule has 1 aromatic rings. The molecule has 2 rings (SSSR count). The third-order valence-electron chi connectivity index (χ3n) is 4.54. The minimum Gasteiger partial charge on any atom is -0.399 e. The summed E-state index contributed by atoms with van der Waals surface area (Å²) in [6.45, 7) is 11.7. The van der Waals surface area contributed by atoms with Crippen molar-refractivity contribution < 1.29 is 22.5 Å². The van der Waals surface area contributed by atoms with Crippen LogP contribution in [0.1, 0.15) is 51.9 Å². The summed E-state index contributed by atoms with van der Waals surface area (Å²) < 4.78 is 36.8. The Morgan fingerprint density at radius 2 is 1.65 bits per heavy atom. The van der Waals surface area contributed by atoms with Gasteiger partial charge in [0.15, 0.2) is 0 Å². The fourth-order valence-corrected chi connectivity index (χ4v) is 2.99. The molecule has 1 heterocycles. The van der Waals surface area contributed by atoms with Gasteiger partial charge in [-0.1, -0.05) is 6.07 Å². The maximum atomic E-state index is 12.3. The maximum absolute atomic E-state index is 12.3. The molecule has 0 atom stereocenters. The molecule has 1 aliphatic heterocycles. The highest BCUT2D eigenvalue weighted by atomic mass is 32.2. The number of rotatable bonds is 5. The summed E-state index contributed by atoms with van der Waals surface area (Å²) in [5.74, 6) is -0.684. The van der Waals surface area contributed by atoms with Crippen molar-refractivity contribution in [3.05, 3.63) is 23.8 Å². The molecule has 0 spiro atoms. The molecule has 1 aliphatic rings. The second-order valence-electron chi connectivity index (χ2n) is 7.90. The number of amides is 1. The Labute approximate surface area is 156 Å². The quantitative estimate of drug-likeness (QED) is 0.750. The second kappa shape index (κ2) is 6.86. The van der Waals surface area contributed by atoms with E-state index < -0.39 is 34.3 Å². The van der Waals surface area contributed by atoms with Crippen LogP contribution in [0, 0.1) is 0 Å². The third kappa shape index (κ3) is 4.58. The SMILES string of the molecule is CC(C)Nc1cc(B2OC(C)(C)C(C)(C)O2)ccc1C(=O)NS(C)(=O)=O. The van der Waals surface area contributed by atoms with Gasteiger partial charge in [0.05, 0.1) is 23.0 Å². The van der Waals surface area contributed by atoms with Crippen LogP contribution in [0.4, 0.5) is 5.69 Å². The lowest BCUT2D eigenvalue weighted by atomic mass is 9.78. The number of anilines is 1. The van der Waals surface area contributed by atoms with E-state index in [-0.39, 0.29) is 11.6 Å². The van der Waals surface area contributed by atoms with Gasteiger partial charge in [0.25, 0.3) is 5.91 Å². The smallest absolute Gasteiger partial charge is 0.399 e. The predicted molar refractivity (Wildman–Crippen MR) is 103 cm³/mol. The summed E-state index contributed by atoms with van der Waals surface area (Å²) >= 11 is 0. The first kappa shape index (κ1) is 20.7. The highest BCUT2D eigenvalue weighted by Crippen LogP contribution is 2.36. The average molecular weight is 382 g/mol. The standard InChI is InChI=1S/C17H27BN2O5S/c1-11(2)19-14-10-12(18-24-16(3,4)17(5,6)25-18)8-9-13(14)15(21)20-26(7,22)23/h8-11,19H,1-7H3,(H,20,21). The Balaban J connectivity index is 2.39. The minimum atomic E-state index is -3.65. The highest BCUT2D eigenvalue weighted by Gasteiger charge is 2.51. The van der Waals surface area contributed by atoms with Crippen molar-refractivity contribution in [1.82, 2.24) is 4.72 Å². The third-order valence-corrected chi connectivity index (χ3v) is 5.09. The molecule has 26 heavy (non-hydrogen) atoms. The molecular weight excluding hydrogens is 355 g/mol. The average Bonchev–Trinajstić information content (AvgIpc) is 2.64. The van der Waals surface area contributed by atoms with Gasteiger partial charge in [-0.3, -0.25) is 4.79 Å². The van der Waals surface area contributed by atoms with Gasteiger partial charge in [0.2, 0.25) is 10.0 Å². The topological polar surface area (TPSA) is 93.7 Å². The lowest BCUT2D eigenvalue weighted by Crippen LogP contribution is -2.41. The van der Waals surface area contributed by atoms with E-state index in [1.165, 1.54) is 0 Å². The van der Waals surface area contributed by atoms with Gasteiger partial charge in [0, 0.05) is 11.7 Å². The summed E-state index contributed by atoms with van der Waals surface area (Å²) in [4.78, 5) is 12.3. The van der Waals surface area contributed by atoms with Gasteiger partial charge >= 0.3 is 7.12 Å². The van der Waals surface area contributed by atoms with Gasteiger partial charge in [-0.15, -0.1) is 0 Å². The van der Waals surface area contributed by atoms with E-state index >= 15 is 0 Å². The van der Waals surface area contributed by atoms with E-state index in [1.54, 1.807) is 18.2 Å². The molecule has 0 unspecified atom stereocenters. The summed E-state index contributed by atoms with van der Waals surface area (Å²) in [7, 11) is -4.22. The summed E-state index contributed by atoms with van der Waals surface area (Å²) in [5.41, 5.74) is 0.561. The number of sulfonamides is 1. The molecule has 1 aromatic carbocycles. The number of benzene rings is 1. The van der Waals surface area contributed by atoms with Gasteiger partial charge in [-0.05, 0) is 59.1 Å². The van der Waals surface area contributed by atoms with Crippen molar-refractivity contribution in [3.63, 3.8) is 0 Å². The fraction of sp³-hybridized carbons (Fsp3) is 0.588. The Kier molecular flexibility index (Phi) is 5.47. The molecular formula is C17H27BN2O5S. The molecule has 1 amide bonds. The van der Waals surface area contributed by atoms with Crippen molar-refractivity contribution in [2.45, 2.75) is 58.8 Å². The molecule has 7 nitrogen and oxygen atoms in total. The maximum Gasteiger partial charge on any atom is 0.494 e. The normalized spacial score (nSPS) is 18.8. The lowest BCUT2D eigenvalue weighted by Gasteiger charge is -2.32. The Hall–Kier alpha value is -1.58. The zero-order valence-electron chi connectivity index (χ0n) is 16.3. The molecule has 2 N–H and O–H groups in total. The molecule has 0 saturated carbocycles. The first-order chi connectivity index (χ1) is 11.7. The second-order valence-corrected chi connectivity index (χ2v) is 9.64. The van der Waals surface area contributed by atoms with Crippen LogP contribution in [0.2, 0.25) is 0 Å². The van der Waals surface area contributed by atoms with Crippen molar-refractivity contribution in [2.75, 3.05) is 11.6 Å². The molecule has 0 bridgehead atoms. The Morgan fingerprint density at radius 1 is 1.12 bits per heavy atom. The van der Waals surface area contributed by atoms with E-state index in [0.717, 1.165) is 11.7 Å². The van der Waals surface area contributed by atoms with Crippen LogP contribution in [-0.4, -0.2) is 44.9 Å². The minimum absolute atomic E-state index is 0.0494. The largest absolute Gasteiger partial charge is 0.494 e. The molecule has 1 fully saturated rings. The van der Waals surface area contributed by atoms with E-state index in [2.05, 4.69) is 5.32 Å². The highest BCUT2D eigenvalue weighted by molar-refractivity contribution is 7.89. The number of nitrogens with one attached hydrogen (secondary N) is 2. The molecule has 144 valence electrons. The van der Waals surface area contributed by atoms with Crippen LogP contribution in [0.25, 0.3) is 0 Å². The van der Waals surface area contributed by atoms with E-state index in [4.69, 9.17) is 9.31 Å². The van der Waals surface area contributed by atoms with E-state index in [9.17, 15) is 13.2 Å². The van der Waals surface area contributed by atoms with Crippen LogP contribution < -0.4 is 15.5 Å². The van der Waals surface area contributed by atoms with Gasteiger partial charge in [-0.2, -0.15) is 0 Å². The summed E-state index contributed by atoms with van der Waals surface area (Å²) in [6.07, 6.45) is 0.944. The Bertz CT molecular complexity index is 789. The van der Waals surface area contributed by atoms with Crippen molar-refractivity contribution in [1.29, 1.82) is 0 Å². The number of hydrogen-bond donors (Lipinski definition) is 2. The zero-order valence-corrected chi connectivity index (χ0v) is 17.2. The first-order valence-electron chi connectivity index (χ1n) is 8.50. The van der Waals surface area contributed by atoms with Crippen LogP contribution in [0.5, 0.6) is 0 Å². The fourth-order valence-electron chi connectivity index (χ4n) is 2.54. The van der Waals surface area contributed by atoms with E-state index in [1.807, 2.05) is 46.3 Å². The molecule has 1 saturated heterocycles. The first-order valence-corrected chi connectivity index (χ1v) is 10.4. The predicted octanol–water partition coefficient (Wildman–Crippen LogP) is 1.50. The molecule has 0 radical (unpaired) electrons. The lowest BCUT2D eigenvalue weighted by molar-refractivity contribution is 0.00578. The molecule has 9 heteroatoms. The number of carbonyl (C=O) groups excluding carboxylic acids is 1. The van der Waals surface area contributed by atoms with E-state index in [0.29, 0.717) is 5.69 Å². The number of hydrogen-bond acceptors (Lipinski definition) is 6. The van der Waals surface area contributed by atoms with Crippen LogP contribution in [0.3, 0.4) is 0 Å². The summed E-state index contributed by atoms with van der Waals surface area (Å²) in [6, 6.07) is 5.10. The van der Waals surface area contributed by atoms with Gasteiger partial charge < -0.3 is 14.6 Å². The van der Waals surface area contributed by atoms with Crippen molar-refractivity contribution in [3.8, 4) is 0 Å². The Morgan fingerprint density at radius 3 is 2.12 bits per heavy atom. The molecule has 0 aliphatic carbocycles. The zero-order chi connectivity index (χ0) is 19.9. The van der Waals surface area contributed by atoms with Gasteiger partial charge in [0.1, 0.15) is 0 Å². The summed E-state index contributed by atoms with van der Waals surface area (Å²) in [5, 5.41) is 3.18.